The van der Waals surface area contributed by atoms with Crippen LogP contribution in [0.1, 0.15) is 13.3 Å². The highest BCUT2D eigenvalue weighted by Crippen LogP contribution is 2.17. The number of hydrogen-bond acceptors (Lipinski definition) is 3. The van der Waals surface area contributed by atoms with E-state index in [4.69, 9.17) is 5.73 Å². The second-order valence-corrected chi connectivity index (χ2v) is 4.44. The van der Waals surface area contributed by atoms with Crippen LogP contribution in [0.15, 0.2) is 0 Å². The minimum Gasteiger partial charge on any atom is -0.329 e. The lowest BCUT2D eigenvalue weighted by atomic mass is 10.3. The molecule has 1 rings (SSSR count). The van der Waals surface area contributed by atoms with Gasteiger partial charge >= 0.3 is 0 Å². The van der Waals surface area contributed by atoms with Gasteiger partial charge in [0.25, 0.3) is 0 Å². The van der Waals surface area contributed by atoms with Gasteiger partial charge in [-0.05, 0) is 13.0 Å². The zero-order valence-corrected chi connectivity index (χ0v) is 8.07. The van der Waals surface area contributed by atoms with Gasteiger partial charge in [-0.2, -0.15) is 11.8 Å². The standard InChI is InChI=1S/C8H18N2S/c1-2-3-10-4-5-11-8(6-9)7-10/h8H,2-7,9H2,1H3. The molecule has 0 radical (unpaired) electrons. The minimum atomic E-state index is 0.690. The normalized spacial score (nSPS) is 27.3. The van der Waals surface area contributed by atoms with Crippen LogP contribution in [-0.4, -0.2) is 42.1 Å². The molecule has 1 aliphatic heterocycles. The molecule has 1 atom stereocenters. The van der Waals surface area contributed by atoms with Crippen molar-refractivity contribution < 1.29 is 0 Å². The molecule has 1 fully saturated rings. The molecule has 0 saturated carbocycles. The summed E-state index contributed by atoms with van der Waals surface area (Å²) in [5.74, 6) is 1.27. The Labute approximate surface area is 73.5 Å². The van der Waals surface area contributed by atoms with E-state index >= 15 is 0 Å². The van der Waals surface area contributed by atoms with Crippen molar-refractivity contribution in [2.24, 2.45) is 5.73 Å². The Bertz CT molecular complexity index is 106. The highest BCUT2D eigenvalue weighted by molar-refractivity contribution is 8.00. The predicted molar refractivity (Wildman–Crippen MR) is 52.0 cm³/mol. The molecule has 1 saturated heterocycles. The number of hydrogen-bond donors (Lipinski definition) is 1. The van der Waals surface area contributed by atoms with Gasteiger partial charge in [-0.15, -0.1) is 0 Å². The average Bonchev–Trinajstić information content (AvgIpc) is 2.06. The third-order valence-corrected chi connectivity index (χ3v) is 3.26. The van der Waals surface area contributed by atoms with Crippen molar-refractivity contribution in [1.29, 1.82) is 0 Å². The number of thioether (sulfide) groups is 1. The Morgan fingerprint density at radius 2 is 2.45 bits per heavy atom. The lowest BCUT2D eigenvalue weighted by Crippen LogP contribution is -2.41. The summed E-state index contributed by atoms with van der Waals surface area (Å²) in [4.78, 5) is 2.52. The molecule has 66 valence electrons. The third-order valence-electron chi connectivity index (χ3n) is 2.03. The molecule has 2 nitrogen and oxygen atoms in total. The molecule has 1 unspecified atom stereocenters. The van der Waals surface area contributed by atoms with Crippen molar-refractivity contribution in [1.82, 2.24) is 4.90 Å². The van der Waals surface area contributed by atoms with E-state index in [2.05, 4.69) is 11.8 Å². The topological polar surface area (TPSA) is 29.3 Å². The Kier molecular flexibility index (Phi) is 4.26. The molecule has 11 heavy (non-hydrogen) atoms. The first-order valence-electron chi connectivity index (χ1n) is 4.40. The zero-order chi connectivity index (χ0) is 8.10. The number of nitrogens with zero attached hydrogens (tertiary/aromatic N) is 1. The van der Waals surface area contributed by atoms with Crippen molar-refractivity contribution in [3.8, 4) is 0 Å². The smallest absolute Gasteiger partial charge is 0.0298 e. The van der Waals surface area contributed by atoms with Crippen LogP contribution in [0, 0.1) is 0 Å². The summed E-state index contributed by atoms with van der Waals surface area (Å²) in [6.07, 6.45) is 1.27. The fraction of sp³-hybridized carbons (Fsp3) is 1.00. The second-order valence-electron chi connectivity index (χ2n) is 3.03. The summed E-state index contributed by atoms with van der Waals surface area (Å²) in [6.45, 7) is 6.78. The van der Waals surface area contributed by atoms with Crippen LogP contribution in [0.3, 0.4) is 0 Å². The third kappa shape index (κ3) is 3.01. The monoisotopic (exact) mass is 174 g/mol. The zero-order valence-electron chi connectivity index (χ0n) is 7.25. The molecule has 2 N–H and O–H groups in total. The van der Waals surface area contributed by atoms with E-state index < -0.39 is 0 Å². The van der Waals surface area contributed by atoms with Crippen LogP contribution in [0.4, 0.5) is 0 Å². The Morgan fingerprint density at radius 3 is 3.09 bits per heavy atom. The van der Waals surface area contributed by atoms with E-state index in [-0.39, 0.29) is 0 Å². The first-order valence-corrected chi connectivity index (χ1v) is 5.45. The van der Waals surface area contributed by atoms with Crippen LogP contribution >= 0.6 is 11.8 Å². The molecule has 3 heteroatoms. The van der Waals surface area contributed by atoms with Gasteiger partial charge in [-0.3, -0.25) is 0 Å². The highest BCUT2D eigenvalue weighted by atomic mass is 32.2. The van der Waals surface area contributed by atoms with E-state index in [1.165, 1.54) is 31.8 Å². The van der Waals surface area contributed by atoms with Gasteiger partial charge in [0.05, 0.1) is 0 Å². The predicted octanol–water partition coefficient (Wildman–Crippen LogP) is 0.773. The molecule has 0 aromatic carbocycles. The molecule has 0 spiro atoms. The maximum Gasteiger partial charge on any atom is 0.0298 e. The number of nitrogens with two attached hydrogens (primary N) is 1. The maximum atomic E-state index is 5.61. The van der Waals surface area contributed by atoms with Crippen LogP contribution in [0.2, 0.25) is 0 Å². The molecular formula is C8H18N2S. The van der Waals surface area contributed by atoms with E-state index in [9.17, 15) is 0 Å². The lowest BCUT2D eigenvalue weighted by molar-refractivity contribution is 0.284. The molecular weight excluding hydrogens is 156 g/mol. The molecule has 0 aliphatic carbocycles. The van der Waals surface area contributed by atoms with Gasteiger partial charge in [-0.25, -0.2) is 0 Å². The van der Waals surface area contributed by atoms with Crippen LogP contribution in [0.5, 0.6) is 0 Å². The summed E-state index contributed by atoms with van der Waals surface area (Å²) >= 11 is 2.03. The van der Waals surface area contributed by atoms with Crippen molar-refractivity contribution in [3.63, 3.8) is 0 Å². The molecule has 1 aliphatic rings. The summed E-state index contributed by atoms with van der Waals surface area (Å²) in [5.41, 5.74) is 5.61. The maximum absolute atomic E-state index is 5.61. The van der Waals surface area contributed by atoms with Crippen molar-refractivity contribution in [3.05, 3.63) is 0 Å². The van der Waals surface area contributed by atoms with Crippen LogP contribution < -0.4 is 5.73 Å². The average molecular weight is 174 g/mol. The van der Waals surface area contributed by atoms with Crippen molar-refractivity contribution in [2.45, 2.75) is 18.6 Å². The largest absolute Gasteiger partial charge is 0.329 e. The first kappa shape index (κ1) is 9.36. The van der Waals surface area contributed by atoms with Gasteiger partial charge in [0.1, 0.15) is 0 Å². The van der Waals surface area contributed by atoms with E-state index in [0.717, 1.165) is 6.54 Å². The number of rotatable bonds is 3. The van der Waals surface area contributed by atoms with Crippen LogP contribution in [0.25, 0.3) is 0 Å². The molecule has 0 bridgehead atoms. The Morgan fingerprint density at radius 1 is 1.64 bits per heavy atom. The molecule has 0 amide bonds. The lowest BCUT2D eigenvalue weighted by Gasteiger charge is -2.31. The minimum absolute atomic E-state index is 0.690. The van der Waals surface area contributed by atoms with Gasteiger partial charge in [0.2, 0.25) is 0 Å². The second kappa shape index (κ2) is 5.01. The fourth-order valence-corrected chi connectivity index (χ4v) is 2.59. The van der Waals surface area contributed by atoms with Gasteiger partial charge in [-0.1, -0.05) is 6.92 Å². The quantitative estimate of drug-likeness (QED) is 0.685. The molecule has 0 aromatic rings. The van der Waals surface area contributed by atoms with Crippen LogP contribution in [-0.2, 0) is 0 Å². The van der Waals surface area contributed by atoms with Gasteiger partial charge in [0.15, 0.2) is 0 Å². The molecule has 1 heterocycles. The van der Waals surface area contributed by atoms with Gasteiger partial charge < -0.3 is 10.6 Å². The van der Waals surface area contributed by atoms with E-state index in [0.29, 0.717) is 5.25 Å². The van der Waals surface area contributed by atoms with Crippen molar-refractivity contribution >= 4 is 11.8 Å². The Balaban J connectivity index is 2.21. The van der Waals surface area contributed by atoms with E-state index in [1.807, 2.05) is 11.8 Å². The summed E-state index contributed by atoms with van der Waals surface area (Å²) < 4.78 is 0. The summed E-state index contributed by atoms with van der Waals surface area (Å²) in [7, 11) is 0. The first-order chi connectivity index (χ1) is 5.36. The summed E-state index contributed by atoms with van der Waals surface area (Å²) in [5, 5.41) is 0.690. The van der Waals surface area contributed by atoms with E-state index in [1.54, 1.807) is 0 Å². The Hall–Kier alpha value is 0.270. The fourth-order valence-electron chi connectivity index (χ4n) is 1.44. The molecule has 0 aromatic heterocycles. The highest BCUT2D eigenvalue weighted by Gasteiger charge is 2.17. The SMILES string of the molecule is CCCN1CCSC(CN)C1. The van der Waals surface area contributed by atoms with Gasteiger partial charge in [0, 0.05) is 30.6 Å². The van der Waals surface area contributed by atoms with Crippen molar-refractivity contribution in [2.75, 3.05) is 31.9 Å². The summed E-state index contributed by atoms with van der Waals surface area (Å²) in [6, 6.07) is 0.